The summed E-state index contributed by atoms with van der Waals surface area (Å²) in [5.41, 5.74) is 5.26. The smallest absolute Gasteiger partial charge is 0.272 e. The molecule has 1 unspecified atom stereocenters. The van der Waals surface area contributed by atoms with Gasteiger partial charge in [0.1, 0.15) is 5.82 Å². The van der Waals surface area contributed by atoms with E-state index in [2.05, 4.69) is 48.1 Å². The van der Waals surface area contributed by atoms with Crippen LogP contribution in [0.4, 0.5) is 10.1 Å². The Balaban J connectivity index is 1.84. The van der Waals surface area contributed by atoms with Crippen molar-refractivity contribution in [2.45, 2.75) is 52.0 Å². The van der Waals surface area contributed by atoms with E-state index in [1.807, 2.05) is 6.07 Å². The van der Waals surface area contributed by atoms with E-state index in [4.69, 9.17) is 0 Å². The third kappa shape index (κ3) is 4.06. The molecule has 1 N–H and O–H groups in total. The van der Waals surface area contributed by atoms with Gasteiger partial charge < -0.3 is 4.90 Å². The molecule has 1 aliphatic rings. The van der Waals surface area contributed by atoms with Gasteiger partial charge in [0, 0.05) is 35.7 Å². The highest BCUT2D eigenvalue weighted by Gasteiger charge is 2.36. The molecule has 28 heavy (non-hydrogen) atoms. The number of carbonyl (C=O) groups excluding carboxylic acids is 1. The van der Waals surface area contributed by atoms with Crippen LogP contribution < -0.4 is 10.3 Å². The summed E-state index contributed by atoms with van der Waals surface area (Å²) in [6.45, 7) is 9.62. The molecule has 2 heterocycles. The summed E-state index contributed by atoms with van der Waals surface area (Å²) in [5, 5.41) is 3.93. The van der Waals surface area contributed by atoms with Crippen LogP contribution in [0.2, 0.25) is 0 Å². The molecule has 6 heteroatoms. The topological polar surface area (TPSA) is 57.6 Å². The third-order valence-corrected chi connectivity index (χ3v) is 5.24. The van der Waals surface area contributed by atoms with E-state index >= 15 is 0 Å². The number of halogens is 1. The van der Waals surface area contributed by atoms with Gasteiger partial charge in [-0.25, -0.2) is 9.82 Å². The Bertz CT molecular complexity index is 880. The summed E-state index contributed by atoms with van der Waals surface area (Å²) in [6, 6.07) is 6.77. The van der Waals surface area contributed by atoms with Crippen LogP contribution >= 0.6 is 0 Å². The van der Waals surface area contributed by atoms with Gasteiger partial charge in [-0.3, -0.25) is 9.78 Å². The lowest BCUT2D eigenvalue weighted by Gasteiger charge is -2.47. The molecule has 0 bridgehead atoms. The van der Waals surface area contributed by atoms with Gasteiger partial charge in [0.15, 0.2) is 0 Å². The Kier molecular flexibility index (Phi) is 5.77. The normalized spacial score (nSPS) is 18.2. The maximum absolute atomic E-state index is 14.8. The second-order valence-electron chi connectivity index (χ2n) is 7.94. The quantitative estimate of drug-likeness (QED) is 0.612. The van der Waals surface area contributed by atoms with E-state index in [1.165, 1.54) is 12.4 Å². The number of hydrogen-bond donors (Lipinski definition) is 1. The molecule has 1 aromatic heterocycles. The molecular formula is C22H27FN4O. The molecule has 0 saturated heterocycles. The van der Waals surface area contributed by atoms with E-state index in [0.717, 1.165) is 30.6 Å². The van der Waals surface area contributed by atoms with Gasteiger partial charge in [0.25, 0.3) is 5.91 Å². The molecule has 3 rings (SSSR count). The number of nitrogens with one attached hydrogen (secondary N) is 1. The molecule has 5 nitrogen and oxygen atoms in total. The van der Waals surface area contributed by atoms with E-state index in [9.17, 15) is 9.18 Å². The predicted octanol–water partition coefficient (Wildman–Crippen LogP) is 4.49. The summed E-state index contributed by atoms with van der Waals surface area (Å²) in [5.74, 6) is -0.410. The van der Waals surface area contributed by atoms with E-state index in [1.54, 1.807) is 24.4 Å². The second kappa shape index (κ2) is 8.09. The number of rotatable bonds is 5. The number of carbonyl (C=O) groups is 1. The number of fused-ring (bicyclic) bond motifs is 1. The Morgan fingerprint density at radius 1 is 1.46 bits per heavy atom. The van der Waals surface area contributed by atoms with Crippen LogP contribution in [0.25, 0.3) is 0 Å². The highest BCUT2D eigenvalue weighted by molar-refractivity contribution is 5.94. The number of anilines is 1. The molecule has 0 fully saturated rings. The fourth-order valence-corrected chi connectivity index (χ4v) is 3.99. The van der Waals surface area contributed by atoms with Crippen molar-refractivity contribution in [2.75, 3.05) is 11.4 Å². The fourth-order valence-electron chi connectivity index (χ4n) is 3.99. The summed E-state index contributed by atoms with van der Waals surface area (Å²) >= 11 is 0. The van der Waals surface area contributed by atoms with Crippen LogP contribution in [0.15, 0.2) is 41.8 Å². The zero-order chi connectivity index (χ0) is 20.3. The molecule has 2 aromatic rings. The van der Waals surface area contributed by atoms with Crippen molar-refractivity contribution in [2.24, 2.45) is 5.10 Å². The maximum Gasteiger partial charge on any atom is 0.272 e. The van der Waals surface area contributed by atoms with Crippen molar-refractivity contribution in [1.29, 1.82) is 0 Å². The molecule has 1 atom stereocenters. The zero-order valence-corrected chi connectivity index (χ0v) is 16.9. The zero-order valence-electron chi connectivity index (χ0n) is 16.9. The van der Waals surface area contributed by atoms with E-state index in [-0.39, 0.29) is 17.3 Å². The first kappa shape index (κ1) is 20.0. The minimum Gasteiger partial charge on any atom is -0.366 e. The Morgan fingerprint density at radius 2 is 2.25 bits per heavy atom. The Hall–Kier alpha value is -2.76. The van der Waals surface area contributed by atoms with Crippen LogP contribution in [-0.2, 0) is 0 Å². The van der Waals surface area contributed by atoms with Crippen LogP contribution in [0.5, 0.6) is 0 Å². The summed E-state index contributed by atoms with van der Waals surface area (Å²) in [4.78, 5) is 18.2. The Labute approximate surface area is 165 Å². The molecule has 148 valence electrons. The van der Waals surface area contributed by atoms with Crippen LogP contribution in [0.3, 0.4) is 0 Å². The standard InChI is InChI=1S/C22H27FN4O/c1-5-9-27-20-11-19(23)17(10-18(20)15(2)12-22(27,3)4)14-25-26-21(28)16-7-6-8-24-13-16/h6-8,10-11,13-15H,5,9,12H2,1-4H3,(H,26,28)/b25-14-. The van der Waals surface area contributed by atoms with Gasteiger partial charge in [0.05, 0.1) is 11.8 Å². The summed E-state index contributed by atoms with van der Waals surface area (Å²) in [6.07, 6.45) is 6.41. The molecular weight excluding hydrogens is 355 g/mol. The van der Waals surface area contributed by atoms with Gasteiger partial charge in [-0.1, -0.05) is 13.8 Å². The number of amides is 1. The monoisotopic (exact) mass is 382 g/mol. The SMILES string of the molecule is CCCN1c2cc(F)c(/C=N\NC(=O)c3cccnc3)cc2C(C)CC1(C)C. The lowest BCUT2D eigenvalue weighted by atomic mass is 9.79. The molecule has 0 aliphatic carbocycles. The average Bonchev–Trinajstić information content (AvgIpc) is 2.66. The number of hydrogen-bond acceptors (Lipinski definition) is 4. The predicted molar refractivity (Wildman–Crippen MR) is 110 cm³/mol. The van der Waals surface area contributed by atoms with Crippen LogP contribution in [0.1, 0.15) is 67.9 Å². The summed E-state index contributed by atoms with van der Waals surface area (Å²) < 4.78 is 14.8. The molecule has 1 aliphatic heterocycles. The van der Waals surface area contributed by atoms with Crippen molar-refractivity contribution in [3.8, 4) is 0 Å². The number of benzene rings is 1. The van der Waals surface area contributed by atoms with Gasteiger partial charge in [-0.2, -0.15) is 5.10 Å². The number of hydrazone groups is 1. The fraction of sp³-hybridized carbons (Fsp3) is 0.409. The first-order valence-electron chi connectivity index (χ1n) is 9.68. The highest BCUT2D eigenvalue weighted by atomic mass is 19.1. The average molecular weight is 382 g/mol. The number of pyridine rings is 1. The van der Waals surface area contributed by atoms with Gasteiger partial charge in [0.2, 0.25) is 0 Å². The molecule has 0 radical (unpaired) electrons. The summed E-state index contributed by atoms with van der Waals surface area (Å²) in [7, 11) is 0. The largest absolute Gasteiger partial charge is 0.366 e. The van der Waals surface area contributed by atoms with Gasteiger partial charge >= 0.3 is 0 Å². The lowest BCUT2D eigenvalue weighted by Crippen LogP contribution is -2.48. The number of aromatic nitrogens is 1. The first-order chi connectivity index (χ1) is 13.3. The van der Waals surface area contributed by atoms with Crippen molar-refractivity contribution in [1.82, 2.24) is 10.4 Å². The minimum atomic E-state index is -0.382. The van der Waals surface area contributed by atoms with Crippen molar-refractivity contribution in [3.63, 3.8) is 0 Å². The van der Waals surface area contributed by atoms with E-state index in [0.29, 0.717) is 17.0 Å². The Morgan fingerprint density at radius 3 is 2.93 bits per heavy atom. The van der Waals surface area contributed by atoms with Gasteiger partial charge in [-0.05, 0) is 62.4 Å². The highest BCUT2D eigenvalue weighted by Crippen LogP contribution is 2.44. The minimum absolute atomic E-state index is 0.0117. The van der Waals surface area contributed by atoms with Gasteiger partial charge in [-0.15, -0.1) is 0 Å². The molecule has 0 spiro atoms. The van der Waals surface area contributed by atoms with Crippen LogP contribution in [-0.4, -0.2) is 29.2 Å². The van der Waals surface area contributed by atoms with Crippen molar-refractivity contribution in [3.05, 3.63) is 59.2 Å². The second-order valence-corrected chi connectivity index (χ2v) is 7.94. The van der Waals surface area contributed by atoms with Crippen molar-refractivity contribution < 1.29 is 9.18 Å². The molecule has 0 saturated carbocycles. The maximum atomic E-state index is 14.8. The van der Waals surface area contributed by atoms with Crippen molar-refractivity contribution >= 4 is 17.8 Å². The van der Waals surface area contributed by atoms with E-state index < -0.39 is 0 Å². The lowest BCUT2D eigenvalue weighted by molar-refractivity contribution is 0.0954. The van der Waals surface area contributed by atoms with Crippen LogP contribution in [0, 0.1) is 5.82 Å². The third-order valence-electron chi connectivity index (χ3n) is 5.24. The first-order valence-corrected chi connectivity index (χ1v) is 9.68. The number of nitrogens with zero attached hydrogens (tertiary/aromatic N) is 3. The molecule has 1 aromatic carbocycles. The molecule has 1 amide bonds.